The Hall–Kier alpha value is -2.76. The summed E-state index contributed by atoms with van der Waals surface area (Å²) in [7, 11) is 0. The van der Waals surface area contributed by atoms with Crippen molar-refractivity contribution in [1.82, 2.24) is 0 Å². The largest absolute Gasteiger partial charge is 0.504 e. The van der Waals surface area contributed by atoms with E-state index in [-0.39, 0.29) is 39.6 Å². The molecule has 0 saturated heterocycles. The highest BCUT2D eigenvalue weighted by Crippen LogP contribution is 2.45. The molecule has 0 heterocycles. The molecule has 0 atom stereocenters. The van der Waals surface area contributed by atoms with Crippen LogP contribution in [0.3, 0.4) is 0 Å². The second-order valence-electron chi connectivity index (χ2n) is 8.32. The Morgan fingerprint density at radius 1 is 0.692 bits per heavy atom. The maximum absolute atomic E-state index is 10.4. The smallest absolute Gasteiger partial charge is 0.261 e. The molecule has 0 aliphatic heterocycles. The van der Waals surface area contributed by atoms with E-state index in [0.29, 0.717) is 11.1 Å². The molecule has 0 saturated carbocycles. The molecule has 2 rings (SSSR count). The standard InChI is InChI=1S/C20H26O6/c1-19(2,3)11-9-14(22)17(24)15(10-11)25-26-18-13(21)8-7-12(16(18)23)20(4,5)6/h7-10,21-24H,1-6H3. The second kappa shape index (κ2) is 6.52. The van der Waals surface area contributed by atoms with Crippen molar-refractivity contribution in [3.8, 4) is 34.5 Å². The summed E-state index contributed by atoms with van der Waals surface area (Å²) in [6.45, 7) is 11.5. The predicted octanol–water partition coefficient (Wildman–Crippen LogP) is 4.48. The highest BCUT2D eigenvalue weighted by Gasteiger charge is 2.25. The summed E-state index contributed by atoms with van der Waals surface area (Å²) < 4.78 is 0. The van der Waals surface area contributed by atoms with Crippen molar-refractivity contribution in [2.45, 2.75) is 52.4 Å². The lowest BCUT2D eigenvalue weighted by Gasteiger charge is -2.22. The van der Waals surface area contributed by atoms with Gasteiger partial charge >= 0.3 is 0 Å². The van der Waals surface area contributed by atoms with Crippen LogP contribution in [0.4, 0.5) is 0 Å². The van der Waals surface area contributed by atoms with E-state index in [1.54, 1.807) is 6.07 Å². The van der Waals surface area contributed by atoms with Crippen molar-refractivity contribution < 1.29 is 30.2 Å². The third-order valence-electron chi connectivity index (χ3n) is 4.05. The number of benzene rings is 2. The average Bonchev–Trinajstić information content (AvgIpc) is 2.48. The van der Waals surface area contributed by atoms with Gasteiger partial charge in [-0.25, -0.2) is 0 Å². The molecular formula is C20H26O6. The quantitative estimate of drug-likeness (QED) is 0.365. The van der Waals surface area contributed by atoms with E-state index < -0.39 is 5.75 Å². The third kappa shape index (κ3) is 3.90. The fourth-order valence-corrected chi connectivity index (χ4v) is 2.42. The predicted molar refractivity (Wildman–Crippen MR) is 98.2 cm³/mol. The van der Waals surface area contributed by atoms with E-state index in [4.69, 9.17) is 9.78 Å². The van der Waals surface area contributed by atoms with Gasteiger partial charge in [0.2, 0.25) is 11.5 Å². The lowest BCUT2D eigenvalue weighted by atomic mass is 9.86. The molecule has 142 valence electrons. The summed E-state index contributed by atoms with van der Waals surface area (Å²) in [6.07, 6.45) is 0. The van der Waals surface area contributed by atoms with Gasteiger partial charge in [-0.1, -0.05) is 47.6 Å². The highest BCUT2D eigenvalue weighted by atomic mass is 17.2. The molecule has 2 aromatic carbocycles. The van der Waals surface area contributed by atoms with E-state index in [0.717, 1.165) is 0 Å². The van der Waals surface area contributed by atoms with Crippen molar-refractivity contribution in [3.63, 3.8) is 0 Å². The normalized spacial score (nSPS) is 12.1. The van der Waals surface area contributed by atoms with Crippen LogP contribution in [0.25, 0.3) is 0 Å². The first-order chi connectivity index (χ1) is 11.8. The van der Waals surface area contributed by atoms with Crippen LogP contribution < -0.4 is 9.78 Å². The molecule has 0 radical (unpaired) electrons. The summed E-state index contributed by atoms with van der Waals surface area (Å²) in [5.41, 5.74) is 0.579. The summed E-state index contributed by atoms with van der Waals surface area (Å²) in [5, 5.41) is 40.3. The Balaban J connectivity index is 2.40. The highest BCUT2D eigenvalue weighted by molar-refractivity contribution is 5.56. The van der Waals surface area contributed by atoms with Gasteiger partial charge in [0, 0.05) is 5.56 Å². The molecule has 0 aliphatic carbocycles. The average molecular weight is 362 g/mol. The van der Waals surface area contributed by atoms with E-state index in [1.165, 1.54) is 18.2 Å². The van der Waals surface area contributed by atoms with Gasteiger partial charge in [-0.15, -0.1) is 0 Å². The Morgan fingerprint density at radius 3 is 1.85 bits per heavy atom. The van der Waals surface area contributed by atoms with Gasteiger partial charge in [-0.05, 0) is 34.6 Å². The van der Waals surface area contributed by atoms with Crippen LogP contribution in [0.5, 0.6) is 34.5 Å². The first kappa shape index (κ1) is 19.6. The van der Waals surface area contributed by atoms with Crippen molar-refractivity contribution >= 4 is 0 Å². The Kier molecular flexibility index (Phi) is 4.90. The van der Waals surface area contributed by atoms with E-state index in [9.17, 15) is 20.4 Å². The van der Waals surface area contributed by atoms with Gasteiger partial charge in [-0.3, -0.25) is 9.78 Å². The van der Waals surface area contributed by atoms with Gasteiger partial charge in [-0.2, -0.15) is 0 Å². The molecule has 0 unspecified atom stereocenters. The number of phenols is 4. The zero-order valence-corrected chi connectivity index (χ0v) is 15.9. The molecule has 0 aliphatic rings. The number of rotatable bonds is 3. The fraction of sp³-hybridized carbons (Fsp3) is 0.400. The van der Waals surface area contributed by atoms with Crippen molar-refractivity contribution in [2.24, 2.45) is 0 Å². The van der Waals surface area contributed by atoms with Gasteiger partial charge in [0.15, 0.2) is 17.2 Å². The first-order valence-corrected chi connectivity index (χ1v) is 8.28. The zero-order chi connectivity index (χ0) is 19.9. The van der Waals surface area contributed by atoms with Crippen molar-refractivity contribution in [2.75, 3.05) is 0 Å². The molecule has 26 heavy (non-hydrogen) atoms. The Morgan fingerprint density at radius 2 is 1.31 bits per heavy atom. The monoisotopic (exact) mass is 362 g/mol. The number of hydrogen-bond donors (Lipinski definition) is 4. The number of hydrogen-bond acceptors (Lipinski definition) is 6. The van der Waals surface area contributed by atoms with Crippen LogP contribution in [0.2, 0.25) is 0 Å². The summed E-state index contributed by atoms with van der Waals surface area (Å²) >= 11 is 0. The van der Waals surface area contributed by atoms with Crippen LogP contribution in [-0.4, -0.2) is 20.4 Å². The third-order valence-corrected chi connectivity index (χ3v) is 4.05. The number of phenolic OH excluding ortho intramolecular Hbond substituents is 4. The van der Waals surface area contributed by atoms with Crippen LogP contribution in [0.1, 0.15) is 52.7 Å². The molecule has 6 nitrogen and oxygen atoms in total. The lowest BCUT2D eigenvalue weighted by Crippen LogP contribution is -2.13. The molecular weight excluding hydrogens is 336 g/mol. The molecule has 2 aromatic rings. The summed E-state index contributed by atoms with van der Waals surface area (Å²) in [6, 6.07) is 5.96. The van der Waals surface area contributed by atoms with Crippen molar-refractivity contribution in [3.05, 3.63) is 35.4 Å². The molecule has 6 heteroatoms. The van der Waals surface area contributed by atoms with Crippen LogP contribution in [-0.2, 0) is 10.8 Å². The molecule has 0 spiro atoms. The summed E-state index contributed by atoms with van der Waals surface area (Å²) in [5.74, 6) is -1.82. The maximum Gasteiger partial charge on any atom is 0.261 e. The molecule has 0 fully saturated rings. The topological polar surface area (TPSA) is 99.4 Å². The van der Waals surface area contributed by atoms with E-state index in [2.05, 4.69) is 0 Å². The fourth-order valence-electron chi connectivity index (χ4n) is 2.42. The number of aromatic hydroxyl groups is 4. The first-order valence-electron chi connectivity index (χ1n) is 8.28. The van der Waals surface area contributed by atoms with E-state index in [1.807, 2.05) is 41.5 Å². The molecule has 4 N–H and O–H groups in total. The maximum atomic E-state index is 10.4. The van der Waals surface area contributed by atoms with E-state index >= 15 is 0 Å². The van der Waals surface area contributed by atoms with Gasteiger partial charge in [0.25, 0.3) is 5.75 Å². The minimum Gasteiger partial charge on any atom is -0.504 e. The van der Waals surface area contributed by atoms with Crippen LogP contribution in [0.15, 0.2) is 24.3 Å². The van der Waals surface area contributed by atoms with Gasteiger partial charge < -0.3 is 20.4 Å². The Labute approximate surface area is 153 Å². The molecule has 0 bridgehead atoms. The lowest BCUT2D eigenvalue weighted by molar-refractivity contribution is -0.105. The summed E-state index contributed by atoms with van der Waals surface area (Å²) in [4.78, 5) is 10.3. The van der Waals surface area contributed by atoms with Gasteiger partial charge in [0.05, 0.1) is 0 Å². The SMILES string of the molecule is CC(C)(C)c1cc(O)c(O)c(OOc2c(O)ccc(C(C)(C)C)c2O)c1. The van der Waals surface area contributed by atoms with Crippen LogP contribution in [0, 0.1) is 0 Å². The minimum absolute atomic E-state index is 0.130. The minimum atomic E-state index is -0.496. The zero-order valence-electron chi connectivity index (χ0n) is 15.9. The molecule has 0 amide bonds. The second-order valence-corrected chi connectivity index (χ2v) is 8.32. The van der Waals surface area contributed by atoms with Gasteiger partial charge in [0.1, 0.15) is 0 Å². The molecule has 0 aromatic heterocycles. The van der Waals surface area contributed by atoms with Crippen molar-refractivity contribution in [1.29, 1.82) is 0 Å². The Bertz CT molecular complexity index is 813. The van der Waals surface area contributed by atoms with Crippen LogP contribution >= 0.6 is 0 Å².